The van der Waals surface area contributed by atoms with Crippen molar-refractivity contribution >= 4 is 11.7 Å². The molecule has 0 bridgehead atoms. The van der Waals surface area contributed by atoms with Crippen molar-refractivity contribution in [3.8, 4) is 0 Å². The number of hydrogen-bond acceptors (Lipinski definition) is 3. The molecule has 0 aliphatic carbocycles. The first kappa shape index (κ1) is 13.5. The number of hydrogen-bond donors (Lipinski definition) is 1. The van der Waals surface area contributed by atoms with Gasteiger partial charge in [0.25, 0.3) is 5.91 Å². The molecule has 0 aliphatic rings. The molecule has 1 N–H and O–H groups in total. The zero-order valence-electron chi connectivity index (χ0n) is 11.1. The molecule has 0 saturated heterocycles. The molecule has 17 heavy (non-hydrogen) atoms. The molecule has 4 nitrogen and oxygen atoms in total. The van der Waals surface area contributed by atoms with Crippen LogP contribution in [0.3, 0.4) is 0 Å². The summed E-state index contributed by atoms with van der Waals surface area (Å²) in [6.07, 6.45) is 1.79. The lowest BCUT2D eigenvalue weighted by Gasteiger charge is -2.17. The van der Waals surface area contributed by atoms with Gasteiger partial charge in [-0.1, -0.05) is 13.8 Å². The molecule has 94 valence electrons. The average Bonchev–Trinajstić information content (AvgIpc) is 2.37. The number of nitrogens with one attached hydrogen (secondary N) is 1. The molecule has 1 amide bonds. The molecule has 0 atom stereocenters. The van der Waals surface area contributed by atoms with Gasteiger partial charge in [-0.3, -0.25) is 4.79 Å². The Bertz CT molecular complexity index is 368. The lowest BCUT2D eigenvalue weighted by atomic mass is 10.1. The summed E-state index contributed by atoms with van der Waals surface area (Å²) in [4.78, 5) is 18.3. The van der Waals surface area contributed by atoms with Gasteiger partial charge in [-0.2, -0.15) is 0 Å². The summed E-state index contributed by atoms with van der Waals surface area (Å²) in [5.74, 6) is 0.804. The third kappa shape index (κ3) is 3.44. The van der Waals surface area contributed by atoms with Crippen LogP contribution in [0.15, 0.2) is 12.1 Å². The van der Waals surface area contributed by atoms with E-state index in [1.807, 2.05) is 27.1 Å². The number of pyridine rings is 1. The van der Waals surface area contributed by atoms with Crippen LogP contribution in [-0.4, -0.2) is 36.4 Å². The molecule has 0 aromatic carbocycles. The van der Waals surface area contributed by atoms with Gasteiger partial charge in [-0.25, -0.2) is 4.98 Å². The van der Waals surface area contributed by atoms with Gasteiger partial charge in [0.1, 0.15) is 5.82 Å². The second kappa shape index (κ2) is 6.23. The van der Waals surface area contributed by atoms with E-state index in [1.165, 1.54) is 0 Å². The Labute approximate surface area is 103 Å². The number of rotatable bonds is 5. The Morgan fingerprint density at radius 1 is 1.41 bits per heavy atom. The number of carbonyl (C=O) groups excluding carboxylic acids is 1. The van der Waals surface area contributed by atoms with Crippen LogP contribution < -0.4 is 5.32 Å². The molecular weight excluding hydrogens is 214 g/mol. The Kier molecular flexibility index (Phi) is 4.94. The number of carbonyl (C=O) groups is 1. The highest BCUT2D eigenvalue weighted by Crippen LogP contribution is 2.12. The number of nitrogens with zero attached hydrogens (tertiary/aromatic N) is 2. The third-order valence-electron chi connectivity index (χ3n) is 2.65. The lowest BCUT2D eigenvalue weighted by Crippen LogP contribution is -2.27. The molecule has 1 aromatic heterocycles. The van der Waals surface area contributed by atoms with Crippen molar-refractivity contribution in [2.45, 2.75) is 26.7 Å². The summed E-state index contributed by atoms with van der Waals surface area (Å²) in [6, 6.07) is 3.67. The number of amides is 1. The topological polar surface area (TPSA) is 45.2 Å². The van der Waals surface area contributed by atoms with Gasteiger partial charge in [0, 0.05) is 31.9 Å². The second-order valence-electron chi connectivity index (χ2n) is 4.06. The average molecular weight is 235 g/mol. The summed E-state index contributed by atoms with van der Waals surface area (Å²) in [7, 11) is 3.64. The Morgan fingerprint density at radius 3 is 2.65 bits per heavy atom. The molecule has 1 rings (SSSR count). The van der Waals surface area contributed by atoms with Gasteiger partial charge in [-0.15, -0.1) is 0 Å². The van der Waals surface area contributed by atoms with Crippen molar-refractivity contribution in [3.63, 3.8) is 0 Å². The molecule has 0 saturated carbocycles. The predicted octanol–water partition coefficient (Wildman–Crippen LogP) is 2.17. The molecule has 4 heteroatoms. The molecule has 1 aromatic rings. The van der Waals surface area contributed by atoms with Crippen LogP contribution in [-0.2, 0) is 6.42 Å². The van der Waals surface area contributed by atoms with Gasteiger partial charge >= 0.3 is 0 Å². The van der Waals surface area contributed by atoms with Crippen molar-refractivity contribution in [1.29, 1.82) is 0 Å². The fraction of sp³-hybridized carbons (Fsp3) is 0.538. The smallest absolute Gasteiger partial charge is 0.253 e. The fourth-order valence-electron chi connectivity index (χ4n) is 1.68. The molecule has 0 fully saturated rings. The monoisotopic (exact) mass is 235 g/mol. The van der Waals surface area contributed by atoms with E-state index < -0.39 is 0 Å². The van der Waals surface area contributed by atoms with E-state index in [1.54, 1.807) is 11.0 Å². The van der Waals surface area contributed by atoms with E-state index in [-0.39, 0.29) is 5.91 Å². The summed E-state index contributed by atoms with van der Waals surface area (Å²) in [5.41, 5.74) is 1.64. The maximum absolute atomic E-state index is 12.1. The first-order valence-corrected chi connectivity index (χ1v) is 6.06. The Morgan fingerprint density at radius 2 is 2.12 bits per heavy atom. The highest BCUT2D eigenvalue weighted by atomic mass is 16.2. The third-order valence-corrected chi connectivity index (χ3v) is 2.65. The summed E-state index contributed by atoms with van der Waals surface area (Å²) in [5, 5.41) is 2.99. The van der Waals surface area contributed by atoms with Gasteiger partial charge in [0.15, 0.2) is 0 Å². The Balaban J connectivity index is 2.99. The van der Waals surface area contributed by atoms with E-state index in [2.05, 4.69) is 17.2 Å². The zero-order valence-corrected chi connectivity index (χ0v) is 11.1. The van der Waals surface area contributed by atoms with Crippen LogP contribution in [0, 0.1) is 0 Å². The van der Waals surface area contributed by atoms with E-state index in [0.29, 0.717) is 5.56 Å². The SMILES string of the molecule is CCCN(C)C(=O)c1cc(CC)nc(NC)c1. The van der Waals surface area contributed by atoms with Crippen LogP contribution in [0.2, 0.25) is 0 Å². The number of aryl methyl sites for hydroxylation is 1. The van der Waals surface area contributed by atoms with E-state index in [9.17, 15) is 4.79 Å². The summed E-state index contributed by atoms with van der Waals surface area (Å²) < 4.78 is 0. The number of anilines is 1. The van der Waals surface area contributed by atoms with Gasteiger partial charge in [-0.05, 0) is 25.0 Å². The maximum Gasteiger partial charge on any atom is 0.253 e. The Hall–Kier alpha value is -1.58. The highest BCUT2D eigenvalue weighted by Gasteiger charge is 2.12. The number of aromatic nitrogens is 1. The van der Waals surface area contributed by atoms with E-state index in [4.69, 9.17) is 0 Å². The van der Waals surface area contributed by atoms with Crippen molar-refractivity contribution in [2.75, 3.05) is 26.0 Å². The summed E-state index contributed by atoms with van der Waals surface area (Å²) >= 11 is 0. The van der Waals surface area contributed by atoms with Gasteiger partial charge in [0.2, 0.25) is 0 Å². The van der Waals surface area contributed by atoms with Crippen molar-refractivity contribution in [1.82, 2.24) is 9.88 Å². The largest absolute Gasteiger partial charge is 0.373 e. The minimum Gasteiger partial charge on any atom is -0.373 e. The quantitative estimate of drug-likeness (QED) is 0.850. The molecule has 0 aliphatic heterocycles. The minimum atomic E-state index is 0.0560. The molecule has 1 heterocycles. The van der Waals surface area contributed by atoms with Crippen LogP contribution in [0.25, 0.3) is 0 Å². The van der Waals surface area contributed by atoms with Gasteiger partial charge in [0.05, 0.1) is 0 Å². The first-order valence-electron chi connectivity index (χ1n) is 6.06. The second-order valence-corrected chi connectivity index (χ2v) is 4.06. The molecule has 0 unspecified atom stereocenters. The van der Waals surface area contributed by atoms with Crippen LogP contribution in [0.5, 0.6) is 0 Å². The highest BCUT2D eigenvalue weighted by molar-refractivity contribution is 5.94. The zero-order chi connectivity index (χ0) is 12.8. The summed E-state index contributed by atoms with van der Waals surface area (Å²) in [6.45, 7) is 4.87. The van der Waals surface area contributed by atoms with Crippen LogP contribution in [0.1, 0.15) is 36.3 Å². The van der Waals surface area contributed by atoms with E-state index in [0.717, 1.165) is 30.9 Å². The predicted molar refractivity (Wildman–Crippen MR) is 70.4 cm³/mol. The molecule has 0 spiro atoms. The van der Waals surface area contributed by atoms with Gasteiger partial charge < -0.3 is 10.2 Å². The van der Waals surface area contributed by atoms with E-state index >= 15 is 0 Å². The normalized spacial score (nSPS) is 10.1. The first-order chi connectivity index (χ1) is 8.12. The fourth-order valence-corrected chi connectivity index (χ4v) is 1.68. The molecule has 0 radical (unpaired) electrons. The minimum absolute atomic E-state index is 0.0560. The molecular formula is C13H21N3O. The van der Waals surface area contributed by atoms with Crippen LogP contribution >= 0.6 is 0 Å². The van der Waals surface area contributed by atoms with Crippen molar-refractivity contribution < 1.29 is 4.79 Å². The van der Waals surface area contributed by atoms with Crippen molar-refractivity contribution in [3.05, 3.63) is 23.4 Å². The lowest BCUT2D eigenvalue weighted by molar-refractivity contribution is 0.0795. The standard InChI is InChI=1S/C13H21N3O/c1-5-7-16(4)13(17)10-8-11(6-2)15-12(9-10)14-3/h8-9H,5-7H2,1-4H3,(H,14,15). The van der Waals surface area contributed by atoms with Crippen molar-refractivity contribution in [2.24, 2.45) is 0 Å². The van der Waals surface area contributed by atoms with Crippen LogP contribution in [0.4, 0.5) is 5.82 Å². The maximum atomic E-state index is 12.1.